The van der Waals surface area contributed by atoms with E-state index in [0.29, 0.717) is 29.5 Å². The van der Waals surface area contributed by atoms with Gasteiger partial charge in [0, 0.05) is 12.0 Å². The molecule has 8 heteroatoms. The third-order valence-corrected chi connectivity index (χ3v) is 4.98. The first-order chi connectivity index (χ1) is 13.6. The number of carbonyl (C=O) groups excluding carboxylic acids is 1. The lowest BCUT2D eigenvalue weighted by atomic mass is 10.1. The molecule has 0 aliphatic carbocycles. The molecule has 0 radical (unpaired) electrons. The highest BCUT2D eigenvalue weighted by atomic mass is 32.1. The highest BCUT2D eigenvalue weighted by molar-refractivity contribution is 7.18. The summed E-state index contributed by atoms with van der Waals surface area (Å²) >= 11 is 1.33. The van der Waals surface area contributed by atoms with Crippen molar-refractivity contribution in [3.05, 3.63) is 48.0 Å². The van der Waals surface area contributed by atoms with Gasteiger partial charge in [0.05, 0.1) is 21.3 Å². The van der Waals surface area contributed by atoms with Crippen molar-refractivity contribution in [3.8, 4) is 27.8 Å². The molecule has 0 unspecified atom stereocenters. The molecule has 3 aromatic rings. The number of anilines is 1. The number of rotatable bonds is 8. The van der Waals surface area contributed by atoms with E-state index < -0.39 is 0 Å². The van der Waals surface area contributed by atoms with Gasteiger partial charge in [-0.3, -0.25) is 4.79 Å². The van der Waals surface area contributed by atoms with Crippen molar-refractivity contribution < 1.29 is 19.0 Å². The predicted octanol–water partition coefficient (Wildman–Crippen LogP) is 3.80. The summed E-state index contributed by atoms with van der Waals surface area (Å²) in [5, 5.41) is 12.2. The maximum Gasteiger partial charge on any atom is 0.226 e. The quantitative estimate of drug-likeness (QED) is 0.620. The van der Waals surface area contributed by atoms with Crippen molar-refractivity contribution in [2.45, 2.75) is 12.8 Å². The normalized spacial score (nSPS) is 10.4. The van der Waals surface area contributed by atoms with Crippen LogP contribution < -0.4 is 19.5 Å². The van der Waals surface area contributed by atoms with Gasteiger partial charge in [-0.1, -0.05) is 17.4 Å². The summed E-state index contributed by atoms with van der Waals surface area (Å²) in [7, 11) is 4.80. The van der Waals surface area contributed by atoms with Crippen LogP contribution in [0.4, 0.5) is 5.13 Å². The Hall–Kier alpha value is -3.13. The number of ether oxygens (including phenoxy) is 3. The molecular weight excluding hydrogens is 378 g/mol. The van der Waals surface area contributed by atoms with Gasteiger partial charge in [-0.15, -0.1) is 10.2 Å². The SMILES string of the molecule is COc1ccc(-c2nnc(NC(=O)CCc3ccc(OC)c(OC)c3)s2)cc1. The molecule has 1 amide bonds. The van der Waals surface area contributed by atoms with Crippen LogP contribution in [0.25, 0.3) is 10.6 Å². The number of amides is 1. The molecule has 0 fully saturated rings. The Kier molecular flexibility index (Phi) is 6.44. The molecule has 1 N–H and O–H groups in total. The first kappa shape index (κ1) is 19.6. The van der Waals surface area contributed by atoms with Crippen LogP contribution >= 0.6 is 11.3 Å². The van der Waals surface area contributed by atoms with Crippen LogP contribution in [-0.4, -0.2) is 37.4 Å². The van der Waals surface area contributed by atoms with Crippen LogP contribution in [0.1, 0.15) is 12.0 Å². The fourth-order valence-electron chi connectivity index (χ4n) is 2.60. The van der Waals surface area contributed by atoms with Gasteiger partial charge in [-0.2, -0.15) is 0 Å². The van der Waals surface area contributed by atoms with E-state index in [1.165, 1.54) is 11.3 Å². The second kappa shape index (κ2) is 9.18. The highest BCUT2D eigenvalue weighted by Gasteiger charge is 2.11. The molecule has 0 aliphatic heterocycles. The van der Waals surface area contributed by atoms with Gasteiger partial charge in [0.15, 0.2) is 11.5 Å². The topological polar surface area (TPSA) is 82.6 Å². The van der Waals surface area contributed by atoms with Crippen LogP contribution in [-0.2, 0) is 11.2 Å². The van der Waals surface area contributed by atoms with Gasteiger partial charge in [0.25, 0.3) is 0 Å². The fraction of sp³-hybridized carbons (Fsp3) is 0.250. The first-order valence-corrected chi connectivity index (χ1v) is 9.43. The van der Waals surface area contributed by atoms with Gasteiger partial charge < -0.3 is 19.5 Å². The lowest BCUT2D eigenvalue weighted by Crippen LogP contribution is -2.12. The number of nitrogens with one attached hydrogen (secondary N) is 1. The predicted molar refractivity (Wildman–Crippen MR) is 108 cm³/mol. The van der Waals surface area contributed by atoms with Gasteiger partial charge in [-0.05, 0) is 48.4 Å². The Morgan fingerprint density at radius 2 is 1.71 bits per heavy atom. The molecule has 0 bridgehead atoms. The van der Waals surface area contributed by atoms with Gasteiger partial charge in [0.1, 0.15) is 10.8 Å². The average Bonchev–Trinajstić information content (AvgIpc) is 3.20. The van der Waals surface area contributed by atoms with E-state index in [1.807, 2.05) is 42.5 Å². The number of aryl methyl sites for hydroxylation is 1. The third kappa shape index (κ3) is 4.77. The molecular formula is C20H21N3O4S. The third-order valence-electron chi connectivity index (χ3n) is 4.10. The zero-order chi connectivity index (χ0) is 19.9. The number of hydrogen-bond donors (Lipinski definition) is 1. The lowest BCUT2D eigenvalue weighted by Gasteiger charge is -2.09. The summed E-state index contributed by atoms with van der Waals surface area (Å²) in [6, 6.07) is 13.2. The van der Waals surface area contributed by atoms with E-state index in [0.717, 1.165) is 21.9 Å². The molecule has 1 aromatic heterocycles. The molecule has 146 valence electrons. The van der Waals surface area contributed by atoms with E-state index in [2.05, 4.69) is 15.5 Å². The van der Waals surface area contributed by atoms with E-state index in [-0.39, 0.29) is 5.91 Å². The minimum atomic E-state index is -0.118. The Bertz CT molecular complexity index is 941. The molecule has 7 nitrogen and oxygen atoms in total. The van der Waals surface area contributed by atoms with E-state index >= 15 is 0 Å². The van der Waals surface area contributed by atoms with Gasteiger partial charge in [0.2, 0.25) is 11.0 Å². The number of methoxy groups -OCH3 is 3. The van der Waals surface area contributed by atoms with E-state index in [4.69, 9.17) is 14.2 Å². The number of nitrogens with zero attached hydrogens (tertiary/aromatic N) is 2. The fourth-order valence-corrected chi connectivity index (χ4v) is 3.37. The molecule has 0 aliphatic rings. The molecule has 0 spiro atoms. The van der Waals surface area contributed by atoms with Crippen LogP contribution in [0.2, 0.25) is 0 Å². The first-order valence-electron chi connectivity index (χ1n) is 8.61. The van der Waals surface area contributed by atoms with E-state index in [1.54, 1.807) is 21.3 Å². The maximum atomic E-state index is 12.2. The van der Waals surface area contributed by atoms with E-state index in [9.17, 15) is 4.79 Å². The van der Waals surface area contributed by atoms with Crippen molar-refractivity contribution in [2.75, 3.05) is 26.6 Å². The number of aromatic nitrogens is 2. The van der Waals surface area contributed by atoms with Crippen molar-refractivity contribution in [1.82, 2.24) is 10.2 Å². The minimum absolute atomic E-state index is 0.118. The van der Waals surface area contributed by atoms with Crippen molar-refractivity contribution in [2.24, 2.45) is 0 Å². The summed E-state index contributed by atoms with van der Waals surface area (Å²) in [6.07, 6.45) is 0.906. The molecule has 0 saturated carbocycles. The smallest absolute Gasteiger partial charge is 0.226 e. The molecule has 2 aromatic carbocycles. The molecule has 1 heterocycles. The average molecular weight is 399 g/mol. The highest BCUT2D eigenvalue weighted by Crippen LogP contribution is 2.29. The maximum absolute atomic E-state index is 12.2. The largest absolute Gasteiger partial charge is 0.497 e. The van der Waals surface area contributed by atoms with Crippen molar-refractivity contribution in [1.29, 1.82) is 0 Å². The van der Waals surface area contributed by atoms with Crippen molar-refractivity contribution in [3.63, 3.8) is 0 Å². The van der Waals surface area contributed by atoms with Crippen LogP contribution in [0.5, 0.6) is 17.2 Å². The summed E-state index contributed by atoms with van der Waals surface area (Å²) < 4.78 is 15.7. The molecule has 3 rings (SSSR count). The number of hydrogen-bond acceptors (Lipinski definition) is 7. The number of benzene rings is 2. The Morgan fingerprint density at radius 1 is 0.964 bits per heavy atom. The van der Waals surface area contributed by atoms with Crippen LogP contribution in [0, 0.1) is 0 Å². The Labute approximate surface area is 167 Å². The Morgan fingerprint density at radius 3 is 2.39 bits per heavy atom. The summed E-state index contributed by atoms with van der Waals surface area (Å²) in [4.78, 5) is 12.2. The zero-order valence-electron chi connectivity index (χ0n) is 15.9. The molecule has 28 heavy (non-hydrogen) atoms. The minimum Gasteiger partial charge on any atom is -0.497 e. The van der Waals surface area contributed by atoms with Gasteiger partial charge >= 0.3 is 0 Å². The second-order valence-electron chi connectivity index (χ2n) is 5.88. The standard InChI is InChI=1S/C20H21N3O4S/c1-25-15-8-6-14(7-9-15)19-22-23-20(28-19)21-18(24)11-5-13-4-10-16(26-2)17(12-13)27-3/h4,6-10,12H,5,11H2,1-3H3,(H,21,23,24). The monoisotopic (exact) mass is 399 g/mol. The summed E-state index contributed by atoms with van der Waals surface area (Å²) in [5.74, 6) is 1.97. The zero-order valence-corrected chi connectivity index (χ0v) is 16.7. The van der Waals surface area contributed by atoms with Crippen LogP contribution in [0.15, 0.2) is 42.5 Å². The van der Waals surface area contributed by atoms with Crippen LogP contribution in [0.3, 0.4) is 0 Å². The molecule has 0 atom stereocenters. The summed E-state index contributed by atoms with van der Waals surface area (Å²) in [5.41, 5.74) is 1.91. The van der Waals surface area contributed by atoms with Crippen molar-refractivity contribution >= 4 is 22.4 Å². The van der Waals surface area contributed by atoms with Gasteiger partial charge in [-0.25, -0.2) is 0 Å². The lowest BCUT2D eigenvalue weighted by molar-refractivity contribution is -0.116. The second-order valence-corrected chi connectivity index (χ2v) is 6.86. The Balaban J connectivity index is 1.57. The molecule has 0 saturated heterocycles. The summed E-state index contributed by atoms with van der Waals surface area (Å²) in [6.45, 7) is 0. The number of carbonyl (C=O) groups is 1.